The number of carbonyl (C=O) groups is 1. The lowest BCUT2D eigenvalue weighted by molar-refractivity contribution is -0.0294. The highest BCUT2D eigenvalue weighted by Crippen LogP contribution is 2.47. The van der Waals surface area contributed by atoms with Crippen molar-refractivity contribution < 1.29 is 19.0 Å². The fourth-order valence-corrected chi connectivity index (χ4v) is 5.66. The molecule has 3 fully saturated rings. The Balaban J connectivity index is 1.52. The minimum Gasteiger partial charge on any atom is -0.390 e. The number of amides is 2. The van der Waals surface area contributed by atoms with Crippen molar-refractivity contribution in [2.75, 3.05) is 31.6 Å². The van der Waals surface area contributed by atoms with Crippen LogP contribution < -0.4 is 10.6 Å². The average Bonchev–Trinajstić information content (AvgIpc) is 3.27. The molecule has 1 saturated carbocycles. The Labute approximate surface area is 198 Å². The first-order chi connectivity index (χ1) is 16.4. The van der Waals surface area contributed by atoms with E-state index in [1.54, 1.807) is 18.3 Å². The largest absolute Gasteiger partial charge is 0.390 e. The van der Waals surface area contributed by atoms with Crippen LogP contribution >= 0.6 is 0 Å². The third kappa shape index (κ3) is 4.34. The van der Waals surface area contributed by atoms with Gasteiger partial charge in [-0.1, -0.05) is 12.1 Å². The molecule has 2 saturated heterocycles. The maximum absolute atomic E-state index is 13.7. The Morgan fingerprint density at radius 1 is 1.21 bits per heavy atom. The number of urea groups is 1. The van der Waals surface area contributed by atoms with Crippen LogP contribution in [0.3, 0.4) is 0 Å². The van der Waals surface area contributed by atoms with Crippen molar-refractivity contribution in [3.8, 4) is 0 Å². The second kappa shape index (κ2) is 9.11. The normalized spacial score (nSPS) is 31.9. The summed E-state index contributed by atoms with van der Waals surface area (Å²) in [6, 6.07) is 8.37. The van der Waals surface area contributed by atoms with E-state index in [1.165, 1.54) is 12.1 Å². The molecule has 3 aliphatic rings. The fourth-order valence-electron chi connectivity index (χ4n) is 5.66. The van der Waals surface area contributed by atoms with E-state index in [-0.39, 0.29) is 23.8 Å². The smallest absolute Gasteiger partial charge is 0.318 e. The molecule has 2 aliphatic heterocycles. The molecule has 2 aromatic rings. The summed E-state index contributed by atoms with van der Waals surface area (Å²) < 4.78 is 19.6. The highest BCUT2D eigenvalue weighted by Gasteiger charge is 2.52. The van der Waals surface area contributed by atoms with E-state index >= 15 is 0 Å². The van der Waals surface area contributed by atoms with Gasteiger partial charge in [0.2, 0.25) is 5.95 Å². The van der Waals surface area contributed by atoms with Crippen molar-refractivity contribution in [1.29, 1.82) is 0 Å². The average molecular weight is 470 g/mol. The lowest BCUT2D eigenvalue weighted by atomic mass is 9.72. The Kier molecular flexibility index (Phi) is 6.16. The predicted octanol–water partition coefficient (Wildman–Crippen LogP) is 3.15. The van der Waals surface area contributed by atoms with Gasteiger partial charge in [-0.3, -0.25) is 0 Å². The van der Waals surface area contributed by atoms with Crippen molar-refractivity contribution in [1.82, 2.24) is 20.2 Å². The number of hydrogen-bond acceptors (Lipinski definition) is 6. The van der Waals surface area contributed by atoms with Gasteiger partial charge in [0, 0.05) is 44.3 Å². The van der Waals surface area contributed by atoms with E-state index in [2.05, 4.69) is 15.6 Å². The third-order valence-electron chi connectivity index (χ3n) is 7.59. The number of rotatable bonds is 5. The summed E-state index contributed by atoms with van der Waals surface area (Å²) in [7, 11) is 0. The molecule has 1 aromatic heterocycles. The van der Waals surface area contributed by atoms with Crippen molar-refractivity contribution in [2.24, 2.45) is 0 Å². The van der Waals surface area contributed by atoms with Gasteiger partial charge in [-0.05, 0) is 56.4 Å². The zero-order chi connectivity index (χ0) is 23.8. The zero-order valence-corrected chi connectivity index (χ0v) is 19.5. The lowest BCUT2D eigenvalue weighted by Crippen LogP contribution is -2.56. The Hall–Kier alpha value is -2.78. The van der Waals surface area contributed by atoms with Crippen LogP contribution in [0.5, 0.6) is 0 Å². The van der Waals surface area contributed by atoms with Crippen LogP contribution in [0.15, 0.2) is 36.5 Å². The first-order valence-corrected chi connectivity index (χ1v) is 12.1. The van der Waals surface area contributed by atoms with E-state index < -0.39 is 11.1 Å². The van der Waals surface area contributed by atoms with Crippen LogP contribution in [0.1, 0.15) is 56.2 Å². The first kappa shape index (κ1) is 23.0. The Morgan fingerprint density at radius 3 is 2.68 bits per heavy atom. The monoisotopic (exact) mass is 469 g/mol. The quantitative estimate of drug-likeness (QED) is 0.622. The minimum absolute atomic E-state index is 0.128. The maximum Gasteiger partial charge on any atom is 0.318 e. The summed E-state index contributed by atoms with van der Waals surface area (Å²) in [5, 5.41) is 16.6. The second-order valence-corrected chi connectivity index (χ2v) is 9.92. The van der Waals surface area contributed by atoms with E-state index in [0.717, 1.165) is 36.9 Å². The molecule has 34 heavy (non-hydrogen) atoms. The number of halogens is 1. The van der Waals surface area contributed by atoms with Gasteiger partial charge in [-0.15, -0.1) is 0 Å². The number of aliphatic hydroxyl groups is 1. The molecule has 1 aromatic carbocycles. The van der Waals surface area contributed by atoms with Crippen LogP contribution in [-0.2, 0) is 10.3 Å². The molecule has 2 unspecified atom stereocenters. The maximum atomic E-state index is 13.7. The minimum atomic E-state index is -0.744. The standard InChI is InChI=1S/C25H32FN5O3/c1-24(33)9-6-19(7-10-24)29-22-27-12-8-21(30-22)25(31-14-13-28-23(31)32)11-15-34-16-20(25)17-2-4-18(26)5-3-17/h2-5,8,12,19-20,33H,6-7,9-11,13-16H2,1H3,(H,28,32)(H,27,29,30). The Bertz CT molecular complexity index is 1020. The molecule has 0 bridgehead atoms. The number of aromatic nitrogens is 2. The summed E-state index contributed by atoms with van der Waals surface area (Å²) in [5.41, 5.74) is 0.302. The molecule has 0 spiro atoms. The van der Waals surface area contributed by atoms with Crippen LogP contribution in [0.25, 0.3) is 0 Å². The highest BCUT2D eigenvalue weighted by molar-refractivity contribution is 5.77. The van der Waals surface area contributed by atoms with Gasteiger partial charge >= 0.3 is 6.03 Å². The summed E-state index contributed by atoms with van der Waals surface area (Å²) in [5.74, 6) is 0.00979. The molecular weight excluding hydrogens is 437 g/mol. The number of nitrogens with zero attached hydrogens (tertiary/aromatic N) is 3. The summed E-state index contributed by atoms with van der Waals surface area (Å²) in [4.78, 5) is 24.2. The molecule has 3 heterocycles. The number of anilines is 1. The van der Waals surface area contributed by atoms with Crippen LogP contribution in [0, 0.1) is 5.82 Å². The van der Waals surface area contributed by atoms with E-state index in [1.807, 2.05) is 17.9 Å². The van der Waals surface area contributed by atoms with Crippen molar-refractivity contribution in [3.63, 3.8) is 0 Å². The molecule has 5 rings (SSSR count). The summed E-state index contributed by atoms with van der Waals surface area (Å²) >= 11 is 0. The van der Waals surface area contributed by atoms with Gasteiger partial charge in [0.1, 0.15) is 5.82 Å². The van der Waals surface area contributed by atoms with Gasteiger partial charge in [0.15, 0.2) is 0 Å². The van der Waals surface area contributed by atoms with Crippen molar-refractivity contribution in [3.05, 3.63) is 53.6 Å². The number of carbonyl (C=O) groups excluding carboxylic acids is 1. The number of benzene rings is 1. The molecule has 2 atom stereocenters. The van der Waals surface area contributed by atoms with Crippen LogP contribution in [0.2, 0.25) is 0 Å². The first-order valence-electron chi connectivity index (χ1n) is 12.1. The molecule has 3 N–H and O–H groups in total. The third-order valence-corrected chi connectivity index (χ3v) is 7.59. The number of nitrogens with one attached hydrogen (secondary N) is 2. The van der Waals surface area contributed by atoms with Gasteiger partial charge < -0.3 is 25.4 Å². The Morgan fingerprint density at radius 2 is 1.97 bits per heavy atom. The number of ether oxygens (including phenoxy) is 1. The molecular formula is C25H32FN5O3. The van der Waals surface area contributed by atoms with E-state index in [9.17, 15) is 14.3 Å². The van der Waals surface area contributed by atoms with Crippen LogP contribution in [-0.4, -0.2) is 64.0 Å². The van der Waals surface area contributed by atoms with Crippen molar-refractivity contribution in [2.45, 2.75) is 62.1 Å². The molecule has 8 nitrogen and oxygen atoms in total. The van der Waals surface area contributed by atoms with Gasteiger partial charge in [-0.2, -0.15) is 0 Å². The lowest BCUT2D eigenvalue weighted by Gasteiger charge is -2.49. The second-order valence-electron chi connectivity index (χ2n) is 9.92. The predicted molar refractivity (Wildman–Crippen MR) is 125 cm³/mol. The SMILES string of the molecule is CC1(O)CCC(Nc2nccc(C3(N4CCNC4=O)CCOCC3c3ccc(F)cc3)n2)CC1. The highest BCUT2D eigenvalue weighted by atomic mass is 19.1. The summed E-state index contributed by atoms with van der Waals surface area (Å²) in [6.07, 6.45) is 5.44. The van der Waals surface area contributed by atoms with Crippen LogP contribution in [0.4, 0.5) is 15.1 Å². The van der Waals surface area contributed by atoms with Gasteiger partial charge in [0.05, 0.1) is 23.4 Å². The van der Waals surface area contributed by atoms with Gasteiger partial charge in [0.25, 0.3) is 0 Å². The van der Waals surface area contributed by atoms with Crippen molar-refractivity contribution >= 4 is 12.0 Å². The topological polar surface area (TPSA) is 99.6 Å². The molecule has 1 aliphatic carbocycles. The molecule has 182 valence electrons. The summed E-state index contributed by atoms with van der Waals surface area (Å²) in [6.45, 7) is 3.90. The molecule has 2 amide bonds. The number of hydrogen-bond donors (Lipinski definition) is 3. The molecule has 0 radical (unpaired) electrons. The van der Waals surface area contributed by atoms with Gasteiger partial charge in [-0.25, -0.2) is 19.2 Å². The fraction of sp³-hybridized carbons (Fsp3) is 0.560. The van der Waals surface area contributed by atoms with E-state index in [4.69, 9.17) is 9.72 Å². The molecule has 9 heteroatoms. The zero-order valence-electron chi connectivity index (χ0n) is 19.5. The van der Waals surface area contributed by atoms with E-state index in [0.29, 0.717) is 38.7 Å².